The summed E-state index contributed by atoms with van der Waals surface area (Å²) in [4.78, 5) is 25.7. The first-order chi connectivity index (χ1) is 12.6. The highest BCUT2D eigenvalue weighted by Crippen LogP contribution is 2.20. The molecule has 1 aromatic carbocycles. The topological polar surface area (TPSA) is 80.4 Å². The van der Waals surface area contributed by atoms with E-state index in [1.165, 1.54) is 10.7 Å². The molecule has 0 radical (unpaired) electrons. The van der Waals surface area contributed by atoms with Crippen molar-refractivity contribution in [2.75, 3.05) is 11.9 Å². The van der Waals surface area contributed by atoms with Gasteiger partial charge in [-0.2, -0.15) is 9.61 Å². The lowest BCUT2D eigenvalue weighted by molar-refractivity contribution is 0.102. The van der Waals surface area contributed by atoms with Crippen molar-refractivity contribution in [1.82, 2.24) is 19.5 Å². The fourth-order valence-corrected chi connectivity index (χ4v) is 3.58. The van der Waals surface area contributed by atoms with Crippen LogP contribution in [0.1, 0.15) is 34.1 Å². The Bertz CT molecular complexity index is 1070. The summed E-state index contributed by atoms with van der Waals surface area (Å²) in [6.07, 6.45) is 2.24. The van der Waals surface area contributed by atoms with Crippen molar-refractivity contribution >= 4 is 29.6 Å². The fraction of sp³-hybridized carbons (Fsp3) is 0.316. The zero-order valence-corrected chi connectivity index (χ0v) is 16.1. The molecular formula is C19H22ClN5O2. The molecule has 0 saturated carbocycles. The minimum absolute atomic E-state index is 0. The van der Waals surface area contributed by atoms with Crippen LogP contribution in [-0.2, 0) is 19.5 Å². The summed E-state index contributed by atoms with van der Waals surface area (Å²) in [5.74, 6) is -0.259. The number of aromatic nitrogens is 3. The fourth-order valence-electron chi connectivity index (χ4n) is 3.58. The highest BCUT2D eigenvalue weighted by atomic mass is 35.5. The SMILES string of the molecule is CCn1c2c(c(=O)n3ncc(C(=O)Nc4ccccc4C)c13)CNCC2.Cl. The Morgan fingerprint density at radius 1 is 1.33 bits per heavy atom. The van der Waals surface area contributed by atoms with E-state index >= 15 is 0 Å². The van der Waals surface area contributed by atoms with Crippen molar-refractivity contribution in [3.05, 3.63) is 63.2 Å². The van der Waals surface area contributed by atoms with Gasteiger partial charge in [-0.3, -0.25) is 9.59 Å². The predicted octanol–water partition coefficient (Wildman–Crippen LogP) is 2.14. The summed E-state index contributed by atoms with van der Waals surface area (Å²) in [6, 6.07) is 7.61. The zero-order valence-electron chi connectivity index (χ0n) is 15.3. The first kappa shape index (κ1) is 19.1. The monoisotopic (exact) mass is 387 g/mol. The second kappa shape index (κ2) is 7.54. The normalized spacial score (nSPS) is 13.1. The maximum Gasteiger partial charge on any atom is 0.279 e. The molecule has 1 aliphatic heterocycles. The van der Waals surface area contributed by atoms with Gasteiger partial charge in [-0.1, -0.05) is 18.2 Å². The lowest BCUT2D eigenvalue weighted by Gasteiger charge is -2.22. The summed E-state index contributed by atoms with van der Waals surface area (Å²) in [5.41, 5.74) is 4.28. The van der Waals surface area contributed by atoms with Gasteiger partial charge in [-0.15, -0.1) is 12.4 Å². The molecule has 1 aliphatic rings. The van der Waals surface area contributed by atoms with E-state index in [1.54, 1.807) is 0 Å². The van der Waals surface area contributed by atoms with Crippen LogP contribution in [0.2, 0.25) is 0 Å². The molecule has 0 saturated heterocycles. The lowest BCUT2D eigenvalue weighted by atomic mass is 10.1. The van der Waals surface area contributed by atoms with E-state index in [0.717, 1.165) is 35.5 Å². The third kappa shape index (κ3) is 3.13. The van der Waals surface area contributed by atoms with Crippen LogP contribution in [0.25, 0.3) is 5.65 Å². The predicted molar refractivity (Wildman–Crippen MR) is 107 cm³/mol. The van der Waals surface area contributed by atoms with Crippen LogP contribution < -0.4 is 16.2 Å². The molecule has 0 spiro atoms. The van der Waals surface area contributed by atoms with Crippen LogP contribution in [0.5, 0.6) is 0 Å². The lowest BCUT2D eigenvalue weighted by Crippen LogP contribution is -2.36. The number of amides is 1. The number of benzene rings is 1. The molecule has 0 atom stereocenters. The highest BCUT2D eigenvalue weighted by molar-refractivity contribution is 6.08. The molecule has 0 unspecified atom stereocenters. The second-order valence-corrected chi connectivity index (χ2v) is 6.46. The van der Waals surface area contributed by atoms with Crippen LogP contribution in [0.3, 0.4) is 0 Å². The Morgan fingerprint density at radius 3 is 2.85 bits per heavy atom. The molecule has 2 N–H and O–H groups in total. The number of aryl methyl sites for hydroxylation is 2. The van der Waals surface area contributed by atoms with Crippen molar-refractivity contribution in [2.45, 2.75) is 33.4 Å². The van der Waals surface area contributed by atoms with E-state index in [4.69, 9.17) is 0 Å². The number of hydrogen-bond donors (Lipinski definition) is 2. The standard InChI is InChI=1S/C19H21N5O2.ClH/c1-3-23-16-8-9-20-10-13(16)19(26)24-18(23)14(11-21-24)17(25)22-15-7-5-4-6-12(15)2;/h4-7,11,20H,3,8-10H2,1-2H3,(H,22,25);1H. The number of anilines is 1. The summed E-state index contributed by atoms with van der Waals surface area (Å²) >= 11 is 0. The van der Waals surface area contributed by atoms with Gasteiger partial charge in [0.2, 0.25) is 0 Å². The van der Waals surface area contributed by atoms with Crippen molar-refractivity contribution in [3.63, 3.8) is 0 Å². The van der Waals surface area contributed by atoms with Crippen molar-refractivity contribution in [1.29, 1.82) is 0 Å². The molecule has 2 aromatic heterocycles. The number of para-hydroxylation sites is 1. The van der Waals surface area contributed by atoms with Crippen LogP contribution in [0.4, 0.5) is 5.69 Å². The van der Waals surface area contributed by atoms with Crippen LogP contribution in [-0.4, -0.2) is 26.6 Å². The summed E-state index contributed by atoms with van der Waals surface area (Å²) in [6.45, 7) is 5.98. The molecule has 3 heterocycles. The Morgan fingerprint density at radius 2 is 2.11 bits per heavy atom. The zero-order chi connectivity index (χ0) is 18.3. The van der Waals surface area contributed by atoms with Crippen molar-refractivity contribution in [2.24, 2.45) is 0 Å². The van der Waals surface area contributed by atoms with Crippen molar-refractivity contribution < 1.29 is 4.79 Å². The number of halogens is 1. The molecule has 27 heavy (non-hydrogen) atoms. The highest BCUT2D eigenvalue weighted by Gasteiger charge is 2.24. The molecular weight excluding hydrogens is 366 g/mol. The molecule has 3 aromatic rings. The maximum absolute atomic E-state index is 12.9. The molecule has 0 aliphatic carbocycles. The van der Waals surface area contributed by atoms with Crippen LogP contribution in [0, 0.1) is 6.92 Å². The third-order valence-electron chi connectivity index (χ3n) is 4.92. The van der Waals surface area contributed by atoms with Gasteiger partial charge in [0, 0.05) is 37.4 Å². The summed E-state index contributed by atoms with van der Waals surface area (Å²) in [5, 5.41) is 10.4. The Kier molecular flexibility index (Phi) is 5.34. The number of carbonyl (C=O) groups is 1. The van der Waals surface area contributed by atoms with E-state index < -0.39 is 0 Å². The molecule has 142 valence electrons. The number of hydrogen-bond acceptors (Lipinski definition) is 4. The van der Waals surface area contributed by atoms with Crippen molar-refractivity contribution in [3.8, 4) is 0 Å². The van der Waals surface area contributed by atoms with E-state index in [0.29, 0.717) is 24.3 Å². The van der Waals surface area contributed by atoms with E-state index in [9.17, 15) is 9.59 Å². The quantitative estimate of drug-likeness (QED) is 0.721. The smallest absolute Gasteiger partial charge is 0.279 e. The number of nitrogens with one attached hydrogen (secondary N) is 2. The molecule has 7 nitrogen and oxygen atoms in total. The molecule has 0 bridgehead atoms. The first-order valence-electron chi connectivity index (χ1n) is 8.81. The number of carbonyl (C=O) groups excluding carboxylic acids is 1. The average molecular weight is 388 g/mol. The molecule has 1 amide bonds. The van der Waals surface area contributed by atoms with Crippen LogP contribution in [0.15, 0.2) is 35.3 Å². The first-order valence-corrected chi connectivity index (χ1v) is 8.81. The van der Waals surface area contributed by atoms with Gasteiger partial charge in [-0.05, 0) is 25.5 Å². The largest absolute Gasteiger partial charge is 0.329 e. The Hall–Kier alpha value is -2.64. The number of fused-ring (bicyclic) bond motifs is 2. The minimum atomic E-state index is -0.259. The number of nitrogens with zero attached hydrogens (tertiary/aromatic N) is 3. The molecule has 0 fully saturated rings. The van der Waals surface area contributed by atoms with Gasteiger partial charge in [0.15, 0.2) is 5.65 Å². The molecule has 4 rings (SSSR count). The maximum atomic E-state index is 12.9. The van der Waals surface area contributed by atoms with Gasteiger partial charge in [0.25, 0.3) is 11.5 Å². The second-order valence-electron chi connectivity index (χ2n) is 6.46. The van der Waals surface area contributed by atoms with Gasteiger partial charge in [0.1, 0.15) is 5.56 Å². The van der Waals surface area contributed by atoms with Crippen LogP contribution >= 0.6 is 12.4 Å². The number of rotatable bonds is 3. The Balaban J connectivity index is 0.00000210. The summed E-state index contributed by atoms with van der Waals surface area (Å²) in [7, 11) is 0. The summed E-state index contributed by atoms with van der Waals surface area (Å²) < 4.78 is 3.39. The molecule has 8 heteroatoms. The van der Waals surface area contributed by atoms with Gasteiger partial charge in [0.05, 0.1) is 11.8 Å². The minimum Gasteiger partial charge on any atom is -0.329 e. The van der Waals surface area contributed by atoms with Gasteiger partial charge < -0.3 is 15.2 Å². The average Bonchev–Trinajstić information content (AvgIpc) is 3.09. The van der Waals surface area contributed by atoms with E-state index in [1.807, 2.05) is 42.7 Å². The van der Waals surface area contributed by atoms with E-state index in [-0.39, 0.29) is 23.9 Å². The third-order valence-corrected chi connectivity index (χ3v) is 4.92. The van der Waals surface area contributed by atoms with Gasteiger partial charge >= 0.3 is 0 Å². The van der Waals surface area contributed by atoms with E-state index in [2.05, 4.69) is 15.7 Å². The Labute approximate surface area is 162 Å². The van der Waals surface area contributed by atoms with Gasteiger partial charge in [-0.25, -0.2) is 0 Å².